The molecule has 35 heavy (non-hydrogen) atoms. The molecule has 1 heterocycles. The number of ether oxygens (including phenoxy) is 3. The number of ketones is 1. The van der Waals surface area contributed by atoms with Crippen molar-refractivity contribution in [2.24, 2.45) is 0 Å². The van der Waals surface area contributed by atoms with Gasteiger partial charge in [0, 0.05) is 35.6 Å². The Hall–Kier alpha value is -3.45. The average Bonchev–Trinajstić information content (AvgIpc) is 2.86. The van der Waals surface area contributed by atoms with Crippen molar-refractivity contribution in [3.05, 3.63) is 88.0 Å². The van der Waals surface area contributed by atoms with Crippen LogP contribution in [0.1, 0.15) is 49.7 Å². The van der Waals surface area contributed by atoms with Gasteiger partial charge in [0.15, 0.2) is 5.78 Å². The quantitative estimate of drug-likeness (QED) is 0.434. The van der Waals surface area contributed by atoms with Crippen LogP contribution in [0.5, 0.6) is 5.75 Å². The van der Waals surface area contributed by atoms with Crippen molar-refractivity contribution >= 4 is 11.8 Å². The fraction of sp³-hybridized carbons (Fsp3) is 0.357. The molecule has 0 radical (unpaired) electrons. The van der Waals surface area contributed by atoms with Crippen molar-refractivity contribution in [1.29, 1.82) is 0 Å². The Bertz CT molecular complexity index is 1170. The fourth-order valence-electron chi connectivity index (χ4n) is 4.86. The molecule has 1 N–H and O–H groups in total. The number of rotatable bonds is 8. The van der Waals surface area contributed by atoms with E-state index in [0.29, 0.717) is 24.3 Å². The molecule has 0 amide bonds. The zero-order valence-electron chi connectivity index (χ0n) is 20.2. The predicted molar refractivity (Wildman–Crippen MR) is 129 cm³/mol. The highest BCUT2D eigenvalue weighted by atomic mass is 19.1. The number of carbonyl (C=O) groups is 2. The van der Waals surface area contributed by atoms with E-state index in [9.17, 15) is 9.59 Å². The second-order valence-corrected chi connectivity index (χ2v) is 8.64. The molecule has 6 nitrogen and oxygen atoms in total. The van der Waals surface area contributed by atoms with Gasteiger partial charge >= 0.3 is 5.97 Å². The summed E-state index contributed by atoms with van der Waals surface area (Å²) in [7, 11) is 1.61. The molecule has 2 aromatic rings. The van der Waals surface area contributed by atoms with Crippen LogP contribution in [0.3, 0.4) is 0 Å². The largest absolute Gasteiger partial charge is 0.497 e. The molecule has 0 fully saturated rings. The maximum atomic E-state index is 15.0. The second-order valence-electron chi connectivity index (χ2n) is 8.64. The molecule has 4 rings (SSSR count). The lowest BCUT2D eigenvalue weighted by atomic mass is 9.71. The van der Waals surface area contributed by atoms with E-state index in [1.54, 1.807) is 32.2 Å². The summed E-state index contributed by atoms with van der Waals surface area (Å²) in [6.45, 7) is 4.47. The highest BCUT2D eigenvalue weighted by Crippen LogP contribution is 2.46. The van der Waals surface area contributed by atoms with Crippen molar-refractivity contribution < 1.29 is 28.2 Å². The summed E-state index contributed by atoms with van der Waals surface area (Å²) in [6.07, 6.45) is 0.839. The lowest BCUT2D eigenvalue weighted by molar-refractivity contribution is -0.140. The predicted octanol–water partition coefficient (Wildman–Crippen LogP) is 4.78. The molecule has 0 bridgehead atoms. The number of methoxy groups -OCH3 is 1. The van der Waals surface area contributed by atoms with Gasteiger partial charge in [-0.2, -0.15) is 0 Å². The smallest absolute Gasteiger partial charge is 0.336 e. The molecule has 184 valence electrons. The molecule has 0 saturated carbocycles. The Morgan fingerprint density at radius 2 is 1.83 bits per heavy atom. The number of Topliss-reactive ketones (excluding diaryl/α,β-unsaturated/α-hetero) is 1. The molecular formula is C28H30FNO5. The molecule has 2 atom stereocenters. The number of hydrogen-bond donors (Lipinski definition) is 1. The Kier molecular flexibility index (Phi) is 7.66. The van der Waals surface area contributed by atoms with Crippen LogP contribution in [-0.2, 0) is 19.1 Å². The Morgan fingerprint density at radius 1 is 1.09 bits per heavy atom. The standard InChI is InChI=1S/C28H30FNO5/c1-4-34-13-14-35-28(32)25-17(2)30-23-15-19(18-9-11-20(33-3)12-10-18)16-24(31)27(23)26(25)21-7-5-6-8-22(21)29/h5-12,19,26,30H,4,13-16H2,1-3H3/t19-,26+/m0/s1. The zero-order chi connectivity index (χ0) is 24.9. The first-order chi connectivity index (χ1) is 16.9. The van der Waals surface area contributed by atoms with E-state index in [1.807, 2.05) is 31.2 Å². The van der Waals surface area contributed by atoms with Crippen LogP contribution in [0.2, 0.25) is 0 Å². The zero-order valence-corrected chi connectivity index (χ0v) is 20.2. The number of dihydropyridines is 1. The average molecular weight is 480 g/mol. The highest BCUT2D eigenvalue weighted by molar-refractivity contribution is 6.04. The van der Waals surface area contributed by atoms with Crippen molar-refractivity contribution in [1.82, 2.24) is 5.32 Å². The Morgan fingerprint density at radius 3 is 2.51 bits per heavy atom. The minimum Gasteiger partial charge on any atom is -0.497 e. The molecule has 0 unspecified atom stereocenters. The first kappa shape index (κ1) is 24.7. The van der Waals surface area contributed by atoms with Crippen LogP contribution in [0.25, 0.3) is 0 Å². The second kappa shape index (κ2) is 10.9. The molecule has 1 aliphatic heterocycles. The van der Waals surface area contributed by atoms with Gasteiger partial charge in [-0.05, 0) is 49.9 Å². The lowest BCUT2D eigenvalue weighted by Crippen LogP contribution is -2.36. The van der Waals surface area contributed by atoms with Crippen LogP contribution < -0.4 is 10.1 Å². The van der Waals surface area contributed by atoms with Gasteiger partial charge in [0.2, 0.25) is 0 Å². The van der Waals surface area contributed by atoms with Gasteiger partial charge in [0.05, 0.1) is 25.2 Å². The third-order valence-corrected chi connectivity index (χ3v) is 6.52. The van der Waals surface area contributed by atoms with Crippen molar-refractivity contribution in [3.63, 3.8) is 0 Å². The molecule has 0 saturated heterocycles. The number of benzene rings is 2. The SMILES string of the molecule is CCOCCOC(=O)C1=C(C)NC2=C(C(=O)C[C@@H](c3ccc(OC)cc3)C2)[C@@H]1c1ccccc1F. The number of carbonyl (C=O) groups excluding carboxylic acids is 2. The number of hydrogen-bond acceptors (Lipinski definition) is 6. The van der Waals surface area contributed by atoms with Crippen molar-refractivity contribution in [3.8, 4) is 5.75 Å². The van der Waals surface area contributed by atoms with E-state index in [2.05, 4.69) is 5.32 Å². The van der Waals surface area contributed by atoms with Gasteiger partial charge in [0.25, 0.3) is 0 Å². The summed E-state index contributed by atoms with van der Waals surface area (Å²) in [5.74, 6) is -1.29. The fourth-order valence-corrected chi connectivity index (χ4v) is 4.86. The molecular weight excluding hydrogens is 449 g/mol. The maximum Gasteiger partial charge on any atom is 0.336 e. The number of halogens is 1. The third kappa shape index (κ3) is 5.15. The molecule has 0 aromatic heterocycles. The van der Waals surface area contributed by atoms with E-state index in [-0.39, 0.29) is 42.5 Å². The number of esters is 1. The molecule has 2 aliphatic rings. The van der Waals surface area contributed by atoms with E-state index in [1.165, 1.54) is 6.07 Å². The molecule has 2 aromatic carbocycles. The van der Waals surface area contributed by atoms with Crippen LogP contribution >= 0.6 is 0 Å². The minimum atomic E-state index is -0.837. The summed E-state index contributed by atoms with van der Waals surface area (Å²) in [5.41, 5.74) is 3.27. The first-order valence-corrected chi connectivity index (χ1v) is 11.8. The van der Waals surface area contributed by atoms with Crippen LogP contribution in [0.15, 0.2) is 71.1 Å². The number of nitrogens with one attached hydrogen (secondary N) is 1. The van der Waals surface area contributed by atoms with E-state index >= 15 is 4.39 Å². The van der Waals surface area contributed by atoms with Crippen LogP contribution in [-0.4, -0.2) is 38.7 Å². The molecule has 0 spiro atoms. The van der Waals surface area contributed by atoms with E-state index in [4.69, 9.17) is 14.2 Å². The van der Waals surface area contributed by atoms with Gasteiger partial charge in [-0.3, -0.25) is 4.79 Å². The molecule has 1 aliphatic carbocycles. The Labute approximate surface area is 204 Å². The molecule has 7 heteroatoms. The van der Waals surface area contributed by atoms with E-state index < -0.39 is 17.7 Å². The normalized spacial score (nSPS) is 19.8. The van der Waals surface area contributed by atoms with Crippen LogP contribution in [0.4, 0.5) is 4.39 Å². The lowest BCUT2D eigenvalue weighted by Gasteiger charge is -2.36. The highest BCUT2D eigenvalue weighted by Gasteiger charge is 2.42. The monoisotopic (exact) mass is 479 g/mol. The number of allylic oxidation sites excluding steroid dienone is 3. The van der Waals surface area contributed by atoms with Crippen molar-refractivity contribution in [2.75, 3.05) is 26.9 Å². The van der Waals surface area contributed by atoms with E-state index in [0.717, 1.165) is 17.0 Å². The third-order valence-electron chi connectivity index (χ3n) is 6.52. The first-order valence-electron chi connectivity index (χ1n) is 11.8. The maximum absolute atomic E-state index is 15.0. The Balaban J connectivity index is 1.70. The van der Waals surface area contributed by atoms with Crippen molar-refractivity contribution in [2.45, 2.75) is 38.5 Å². The summed E-state index contributed by atoms with van der Waals surface area (Å²) in [6, 6.07) is 13.9. The van der Waals surface area contributed by atoms with Gasteiger partial charge in [-0.1, -0.05) is 30.3 Å². The van der Waals surface area contributed by atoms with Gasteiger partial charge in [-0.25, -0.2) is 9.18 Å². The summed E-state index contributed by atoms with van der Waals surface area (Å²) >= 11 is 0. The summed E-state index contributed by atoms with van der Waals surface area (Å²) in [4.78, 5) is 26.7. The summed E-state index contributed by atoms with van der Waals surface area (Å²) in [5, 5.41) is 3.28. The van der Waals surface area contributed by atoms with Gasteiger partial charge in [0.1, 0.15) is 18.2 Å². The topological polar surface area (TPSA) is 73.9 Å². The van der Waals surface area contributed by atoms with Gasteiger partial charge < -0.3 is 19.5 Å². The van der Waals surface area contributed by atoms with Gasteiger partial charge in [-0.15, -0.1) is 0 Å². The minimum absolute atomic E-state index is 0.0339. The summed E-state index contributed by atoms with van der Waals surface area (Å²) < 4.78 is 31.0. The van der Waals surface area contributed by atoms with Crippen LogP contribution in [0, 0.1) is 5.82 Å².